The van der Waals surface area contributed by atoms with E-state index in [4.69, 9.17) is 5.11 Å². The summed E-state index contributed by atoms with van der Waals surface area (Å²) < 4.78 is 0. The van der Waals surface area contributed by atoms with Gasteiger partial charge in [0.1, 0.15) is 5.78 Å². The van der Waals surface area contributed by atoms with Crippen molar-refractivity contribution in [3.63, 3.8) is 0 Å². The van der Waals surface area contributed by atoms with Crippen LogP contribution in [0.5, 0.6) is 0 Å². The molecule has 0 bridgehead atoms. The van der Waals surface area contributed by atoms with Crippen molar-refractivity contribution in [3.8, 4) is 11.8 Å². The standard InChI is InChI=1S/C19H26O4/c1-2-8-16(20)13-11-15-12-14-18(21)17(15)9-6-4-3-5-7-10-19(22)23/h11,13,15,17H,2-3,5,7-10,12,14H2,1H3,(H,22,23). The number of aliphatic carboxylic acids is 1. The Morgan fingerprint density at radius 1 is 1.26 bits per heavy atom. The smallest absolute Gasteiger partial charge is 0.303 e. The lowest BCUT2D eigenvalue weighted by Gasteiger charge is -2.11. The third-order valence-electron chi connectivity index (χ3n) is 4.07. The molecule has 0 aromatic heterocycles. The van der Waals surface area contributed by atoms with Gasteiger partial charge in [0.05, 0.1) is 0 Å². The highest BCUT2D eigenvalue weighted by Gasteiger charge is 2.32. The zero-order valence-electron chi connectivity index (χ0n) is 13.8. The summed E-state index contributed by atoms with van der Waals surface area (Å²) in [6.07, 6.45) is 9.08. The molecule has 0 aromatic rings. The maximum atomic E-state index is 11.9. The molecule has 23 heavy (non-hydrogen) atoms. The van der Waals surface area contributed by atoms with Crippen LogP contribution in [0.25, 0.3) is 0 Å². The molecule has 4 heteroatoms. The van der Waals surface area contributed by atoms with E-state index in [2.05, 4.69) is 11.8 Å². The van der Waals surface area contributed by atoms with Crippen molar-refractivity contribution in [1.29, 1.82) is 0 Å². The van der Waals surface area contributed by atoms with Crippen molar-refractivity contribution in [3.05, 3.63) is 12.2 Å². The van der Waals surface area contributed by atoms with Crippen LogP contribution in [0.2, 0.25) is 0 Å². The molecule has 1 fully saturated rings. The van der Waals surface area contributed by atoms with Crippen molar-refractivity contribution in [2.75, 3.05) is 0 Å². The highest BCUT2D eigenvalue weighted by Crippen LogP contribution is 2.32. The zero-order chi connectivity index (χ0) is 17.1. The molecule has 0 heterocycles. The molecule has 1 N–H and O–H groups in total. The first-order valence-electron chi connectivity index (χ1n) is 8.45. The predicted molar refractivity (Wildman–Crippen MR) is 88.8 cm³/mol. The Kier molecular flexibility index (Phi) is 8.97. The fourth-order valence-electron chi connectivity index (χ4n) is 2.75. The Bertz CT molecular complexity index is 507. The van der Waals surface area contributed by atoms with Gasteiger partial charge in [0.15, 0.2) is 5.78 Å². The van der Waals surface area contributed by atoms with Gasteiger partial charge in [-0.25, -0.2) is 0 Å². The second kappa shape index (κ2) is 10.8. The molecule has 2 unspecified atom stereocenters. The fraction of sp³-hybridized carbons (Fsp3) is 0.632. The van der Waals surface area contributed by atoms with Gasteiger partial charge in [-0.2, -0.15) is 0 Å². The van der Waals surface area contributed by atoms with Crippen LogP contribution < -0.4 is 0 Å². The summed E-state index contributed by atoms with van der Waals surface area (Å²) in [6, 6.07) is 0. The van der Waals surface area contributed by atoms with E-state index in [9.17, 15) is 14.4 Å². The van der Waals surface area contributed by atoms with E-state index < -0.39 is 5.97 Å². The third-order valence-corrected chi connectivity index (χ3v) is 4.07. The lowest BCUT2D eigenvalue weighted by molar-refractivity contribution is -0.137. The second-order valence-electron chi connectivity index (χ2n) is 6.01. The number of hydrogen-bond donors (Lipinski definition) is 1. The van der Waals surface area contributed by atoms with Gasteiger partial charge in [0, 0.05) is 38.0 Å². The lowest BCUT2D eigenvalue weighted by Crippen LogP contribution is -2.12. The first-order chi connectivity index (χ1) is 11.0. The van der Waals surface area contributed by atoms with E-state index >= 15 is 0 Å². The maximum absolute atomic E-state index is 11.9. The highest BCUT2D eigenvalue weighted by atomic mass is 16.4. The first-order valence-corrected chi connectivity index (χ1v) is 8.45. The highest BCUT2D eigenvalue weighted by molar-refractivity contribution is 5.90. The molecule has 0 aromatic carbocycles. The molecule has 0 amide bonds. The average Bonchev–Trinajstić information content (AvgIpc) is 2.85. The third kappa shape index (κ3) is 7.78. The van der Waals surface area contributed by atoms with Crippen molar-refractivity contribution >= 4 is 17.5 Å². The summed E-state index contributed by atoms with van der Waals surface area (Å²) in [4.78, 5) is 33.9. The summed E-state index contributed by atoms with van der Waals surface area (Å²) in [5, 5.41) is 8.54. The average molecular weight is 318 g/mol. The Hall–Kier alpha value is -1.89. The van der Waals surface area contributed by atoms with Crippen LogP contribution in [0.4, 0.5) is 0 Å². The number of ketones is 2. The molecule has 1 saturated carbocycles. The Morgan fingerprint density at radius 3 is 2.74 bits per heavy atom. The minimum Gasteiger partial charge on any atom is -0.481 e. The molecule has 4 nitrogen and oxygen atoms in total. The molecule has 1 aliphatic rings. The van der Waals surface area contributed by atoms with E-state index in [0.717, 1.165) is 19.3 Å². The number of carbonyl (C=O) groups is 3. The Balaban J connectivity index is 2.39. The minimum atomic E-state index is -0.776. The molecular formula is C19H26O4. The van der Waals surface area contributed by atoms with Gasteiger partial charge in [-0.05, 0) is 37.7 Å². The normalized spacial score (nSPS) is 20.5. The van der Waals surface area contributed by atoms with E-state index in [-0.39, 0.29) is 29.8 Å². The number of carbonyl (C=O) groups excluding carboxylic acids is 2. The topological polar surface area (TPSA) is 71.4 Å². The fourth-order valence-corrected chi connectivity index (χ4v) is 2.75. The number of Topliss-reactive ketones (excluding diaryl/α,β-unsaturated/α-hetero) is 1. The zero-order valence-corrected chi connectivity index (χ0v) is 13.8. The van der Waals surface area contributed by atoms with Gasteiger partial charge >= 0.3 is 5.97 Å². The molecule has 1 aliphatic carbocycles. The Labute approximate surface area is 138 Å². The number of hydrogen-bond acceptors (Lipinski definition) is 3. The molecule has 0 radical (unpaired) electrons. The molecule has 0 aliphatic heterocycles. The van der Waals surface area contributed by atoms with Crippen molar-refractivity contribution in [1.82, 2.24) is 0 Å². The van der Waals surface area contributed by atoms with Gasteiger partial charge < -0.3 is 5.11 Å². The molecular weight excluding hydrogens is 292 g/mol. The van der Waals surface area contributed by atoms with Crippen molar-refractivity contribution in [2.24, 2.45) is 11.8 Å². The van der Waals surface area contributed by atoms with E-state index in [1.807, 2.05) is 13.0 Å². The first kappa shape index (κ1) is 19.2. The van der Waals surface area contributed by atoms with E-state index in [1.54, 1.807) is 6.08 Å². The maximum Gasteiger partial charge on any atom is 0.303 e. The van der Waals surface area contributed by atoms with Gasteiger partial charge in [-0.3, -0.25) is 14.4 Å². The monoisotopic (exact) mass is 318 g/mol. The van der Waals surface area contributed by atoms with Crippen LogP contribution in [0, 0.1) is 23.7 Å². The van der Waals surface area contributed by atoms with Crippen molar-refractivity contribution < 1.29 is 19.5 Å². The van der Waals surface area contributed by atoms with Crippen LogP contribution in [0.1, 0.15) is 64.7 Å². The number of carboxylic acid groups (broad SMARTS) is 1. The summed E-state index contributed by atoms with van der Waals surface area (Å²) in [6.45, 7) is 1.97. The summed E-state index contributed by atoms with van der Waals surface area (Å²) in [5.74, 6) is 5.70. The van der Waals surface area contributed by atoms with Crippen LogP contribution in [0.3, 0.4) is 0 Å². The molecule has 2 atom stereocenters. The van der Waals surface area contributed by atoms with Crippen LogP contribution in [-0.4, -0.2) is 22.6 Å². The second-order valence-corrected chi connectivity index (χ2v) is 6.01. The largest absolute Gasteiger partial charge is 0.481 e. The summed E-state index contributed by atoms with van der Waals surface area (Å²) in [5.41, 5.74) is 0. The van der Waals surface area contributed by atoms with Crippen LogP contribution in [0.15, 0.2) is 12.2 Å². The SMILES string of the molecule is CCCC(=O)C=CC1CCC(=O)C1CC#CCCCCC(=O)O. The van der Waals surface area contributed by atoms with Crippen LogP contribution in [-0.2, 0) is 14.4 Å². The summed E-state index contributed by atoms with van der Waals surface area (Å²) in [7, 11) is 0. The van der Waals surface area contributed by atoms with E-state index in [1.165, 1.54) is 0 Å². The predicted octanol–water partition coefficient (Wildman–Crippen LogP) is 3.55. The van der Waals surface area contributed by atoms with Crippen LogP contribution >= 0.6 is 0 Å². The van der Waals surface area contributed by atoms with Gasteiger partial charge in [0.25, 0.3) is 0 Å². The minimum absolute atomic E-state index is 0.0906. The molecule has 126 valence electrons. The van der Waals surface area contributed by atoms with E-state index in [0.29, 0.717) is 32.1 Å². The Morgan fingerprint density at radius 2 is 2.04 bits per heavy atom. The molecule has 0 saturated heterocycles. The lowest BCUT2D eigenvalue weighted by atomic mass is 9.91. The van der Waals surface area contributed by atoms with Gasteiger partial charge in [-0.1, -0.05) is 13.0 Å². The molecule has 0 spiro atoms. The quantitative estimate of drug-likeness (QED) is 0.401. The number of rotatable bonds is 9. The van der Waals surface area contributed by atoms with Crippen molar-refractivity contribution in [2.45, 2.75) is 64.7 Å². The number of allylic oxidation sites excluding steroid dienone is 2. The summed E-state index contributed by atoms with van der Waals surface area (Å²) >= 11 is 0. The molecule has 1 rings (SSSR count). The van der Waals surface area contributed by atoms with Gasteiger partial charge in [-0.15, -0.1) is 11.8 Å². The number of carboxylic acids is 1. The van der Waals surface area contributed by atoms with Gasteiger partial charge in [0.2, 0.25) is 0 Å². The number of unbranched alkanes of at least 4 members (excludes halogenated alkanes) is 2.